The van der Waals surface area contributed by atoms with Gasteiger partial charge in [-0.15, -0.1) is 0 Å². The van der Waals surface area contributed by atoms with Crippen molar-refractivity contribution in [3.8, 4) is 0 Å². The number of nitrogens with one attached hydrogen (secondary N) is 1. The number of rotatable bonds is 5. The maximum Gasteiger partial charge on any atom is 0.0406 e. The van der Waals surface area contributed by atoms with Gasteiger partial charge in [0.2, 0.25) is 0 Å². The predicted octanol–water partition coefficient (Wildman–Crippen LogP) is 5.05. The van der Waals surface area contributed by atoms with Crippen LogP contribution in [0.1, 0.15) is 24.0 Å². The highest BCUT2D eigenvalue weighted by Crippen LogP contribution is 2.30. The van der Waals surface area contributed by atoms with Crippen LogP contribution in [0.3, 0.4) is 0 Å². The van der Waals surface area contributed by atoms with Gasteiger partial charge in [-0.1, -0.05) is 29.4 Å². The average Bonchev–Trinajstić information content (AvgIpc) is 3.25. The van der Waals surface area contributed by atoms with Crippen molar-refractivity contribution in [2.45, 2.75) is 42.1 Å². The number of hydrogen-bond acceptors (Lipinski definition) is 2. The van der Waals surface area contributed by atoms with Crippen LogP contribution in [0.2, 0.25) is 5.02 Å². The lowest BCUT2D eigenvalue weighted by atomic mass is 10.1. The van der Waals surface area contributed by atoms with Gasteiger partial charge in [0.05, 0.1) is 0 Å². The molecule has 0 heterocycles. The molecule has 2 aromatic rings. The maximum atomic E-state index is 5.91. The lowest BCUT2D eigenvalue weighted by molar-refractivity contribution is 0.685. The molecule has 0 radical (unpaired) electrons. The van der Waals surface area contributed by atoms with Crippen molar-refractivity contribution in [2.24, 2.45) is 0 Å². The molecule has 1 aliphatic rings. The number of benzene rings is 2. The van der Waals surface area contributed by atoms with E-state index in [9.17, 15) is 0 Å². The molecule has 1 saturated carbocycles. The Labute approximate surface area is 129 Å². The number of hydrogen-bond donors (Lipinski definition) is 1. The van der Waals surface area contributed by atoms with Crippen LogP contribution in [0, 0.1) is 6.92 Å². The molecule has 3 rings (SSSR count). The van der Waals surface area contributed by atoms with Crippen LogP contribution < -0.4 is 5.32 Å². The fourth-order valence-corrected chi connectivity index (χ4v) is 3.15. The van der Waals surface area contributed by atoms with Gasteiger partial charge in [-0.2, -0.15) is 0 Å². The van der Waals surface area contributed by atoms with Crippen LogP contribution in [0.15, 0.2) is 52.3 Å². The van der Waals surface area contributed by atoms with Gasteiger partial charge in [-0.3, -0.25) is 0 Å². The molecule has 3 heteroatoms. The highest BCUT2D eigenvalue weighted by Gasteiger charge is 2.20. The van der Waals surface area contributed by atoms with Crippen molar-refractivity contribution in [1.29, 1.82) is 0 Å². The maximum absolute atomic E-state index is 5.91. The van der Waals surface area contributed by atoms with E-state index in [1.165, 1.54) is 33.8 Å². The van der Waals surface area contributed by atoms with E-state index in [-0.39, 0.29) is 0 Å². The first-order valence-corrected chi connectivity index (χ1v) is 8.16. The second kappa shape index (κ2) is 6.21. The van der Waals surface area contributed by atoms with Crippen molar-refractivity contribution in [3.63, 3.8) is 0 Å². The molecule has 0 spiro atoms. The molecular weight excluding hydrogens is 286 g/mol. The SMILES string of the molecule is Cc1cc(Sc2ccc(Cl)cc2)ccc1CNC1CC1. The largest absolute Gasteiger partial charge is 0.310 e. The quantitative estimate of drug-likeness (QED) is 0.829. The molecule has 1 aliphatic carbocycles. The first-order chi connectivity index (χ1) is 9.70. The van der Waals surface area contributed by atoms with Gasteiger partial charge in [0.15, 0.2) is 0 Å². The summed E-state index contributed by atoms with van der Waals surface area (Å²) in [5.74, 6) is 0. The summed E-state index contributed by atoms with van der Waals surface area (Å²) in [7, 11) is 0. The zero-order valence-electron chi connectivity index (χ0n) is 11.5. The molecule has 0 saturated heterocycles. The summed E-state index contributed by atoms with van der Waals surface area (Å²) in [5.41, 5.74) is 2.76. The zero-order valence-corrected chi connectivity index (χ0v) is 13.1. The molecule has 104 valence electrons. The third-order valence-electron chi connectivity index (χ3n) is 3.52. The summed E-state index contributed by atoms with van der Waals surface area (Å²) in [4.78, 5) is 2.50. The topological polar surface area (TPSA) is 12.0 Å². The molecule has 1 N–H and O–H groups in total. The Morgan fingerprint density at radius 1 is 1.10 bits per heavy atom. The zero-order chi connectivity index (χ0) is 13.9. The van der Waals surface area contributed by atoms with E-state index < -0.39 is 0 Å². The Bertz CT molecular complexity index is 590. The fourth-order valence-electron chi connectivity index (χ4n) is 2.11. The summed E-state index contributed by atoms with van der Waals surface area (Å²) in [6, 6.07) is 15.5. The minimum absolute atomic E-state index is 0.762. The van der Waals surface area contributed by atoms with Crippen molar-refractivity contribution in [3.05, 3.63) is 58.6 Å². The van der Waals surface area contributed by atoms with E-state index in [1.807, 2.05) is 12.1 Å². The second-order valence-electron chi connectivity index (χ2n) is 5.30. The minimum atomic E-state index is 0.762. The number of aryl methyl sites for hydroxylation is 1. The lowest BCUT2D eigenvalue weighted by Crippen LogP contribution is -2.15. The van der Waals surface area contributed by atoms with Gasteiger partial charge in [0, 0.05) is 27.4 Å². The first kappa shape index (κ1) is 14.0. The summed E-state index contributed by atoms with van der Waals surface area (Å²) in [5, 5.41) is 4.35. The normalized spacial score (nSPS) is 14.5. The van der Waals surface area contributed by atoms with Crippen LogP contribution in [0.25, 0.3) is 0 Å². The molecular formula is C17H18ClNS. The lowest BCUT2D eigenvalue weighted by Gasteiger charge is -2.09. The van der Waals surface area contributed by atoms with E-state index in [2.05, 4.69) is 42.6 Å². The fraction of sp³-hybridized carbons (Fsp3) is 0.294. The number of halogens is 1. The van der Waals surface area contributed by atoms with Crippen LogP contribution in [-0.2, 0) is 6.54 Å². The molecule has 20 heavy (non-hydrogen) atoms. The van der Waals surface area contributed by atoms with Crippen molar-refractivity contribution in [2.75, 3.05) is 0 Å². The molecule has 0 bridgehead atoms. The Balaban J connectivity index is 1.67. The average molecular weight is 304 g/mol. The van der Waals surface area contributed by atoms with Crippen molar-refractivity contribution >= 4 is 23.4 Å². The van der Waals surface area contributed by atoms with Crippen LogP contribution in [0.4, 0.5) is 0 Å². The van der Waals surface area contributed by atoms with Crippen LogP contribution >= 0.6 is 23.4 Å². The molecule has 0 aromatic heterocycles. The van der Waals surface area contributed by atoms with E-state index in [0.29, 0.717) is 0 Å². The van der Waals surface area contributed by atoms with Gasteiger partial charge in [-0.05, 0) is 67.3 Å². The molecule has 0 amide bonds. The standard InChI is InChI=1S/C17H18ClNS/c1-12-10-17(20-16-8-3-14(18)4-9-16)7-2-13(12)11-19-15-5-6-15/h2-4,7-10,15,19H,5-6,11H2,1H3. The molecule has 1 nitrogen and oxygen atoms in total. The third kappa shape index (κ3) is 3.78. The predicted molar refractivity (Wildman–Crippen MR) is 86.6 cm³/mol. The van der Waals surface area contributed by atoms with E-state index >= 15 is 0 Å². The van der Waals surface area contributed by atoms with Crippen molar-refractivity contribution < 1.29 is 0 Å². The third-order valence-corrected chi connectivity index (χ3v) is 4.77. The Hall–Kier alpha value is -0.960. The molecule has 0 atom stereocenters. The Morgan fingerprint density at radius 2 is 1.80 bits per heavy atom. The van der Waals surface area contributed by atoms with Crippen LogP contribution in [0.5, 0.6) is 0 Å². The summed E-state index contributed by atoms with van der Waals surface area (Å²) < 4.78 is 0. The monoisotopic (exact) mass is 303 g/mol. The highest BCUT2D eigenvalue weighted by atomic mass is 35.5. The molecule has 0 aliphatic heterocycles. The van der Waals surface area contributed by atoms with Gasteiger partial charge >= 0.3 is 0 Å². The molecule has 1 fully saturated rings. The Morgan fingerprint density at radius 3 is 2.45 bits per heavy atom. The van der Waals surface area contributed by atoms with E-state index in [4.69, 9.17) is 11.6 Å². The van der Waals surface area contributed by atoms with Crippen molar-refractivity contribution in [1.82, 2.24) is 5.32 Å². The molecule has 0 unspecified atom stereocenters. The minimum Gasteiger partial charge on any atom is -0.310 e. The van der Waals surface area contributed by atoms with Gasteiger partial charge in [0.25, 0.3) is 0 Å². The smallest absolute Gasteiger partial charge is 0.0406 e. The first-order valence-electron chi connectivity index (χ1n) is 6.97. The van der Waals surface area contributed by atoms with E-state index in [1.54, 1.807) is 11.8 Å². The molecule has 2 aromatic carbocycles. The summed E-state index contributed by atoms with van der Waals surface area (Å²) in [6.07, 6.45) is 2.67. The second-order valence-corrected chi connectivity index (χ2v) is 6.88. The van der Waals surface area contributed by atoms with Gasteiger partial charge in [-0.25, -0.2) is 0 Å². The van der Waals surface area contributed by atoms with Gasteiger partial charge < -0.3 is 5.32 Å². The Kier molecular flexibility index (Phi) is 4.35. The van der Waals surface area contributed by atoms with Gasteiger partial charge in [0.1, 0.15) is 0 Å². The van der Waals surface area contributed by atoms with Crippen LogP contribution in [-0.4, -0.2) is 6.04 Å². The summed E-state index contributed by atoms with van der Waals surface area (Å²) >= 11 is 7.69. The summed E-state index contributed by atoms with van der Waals surface area (Å²) in [6.45, 7) is 3.18. The van der Waals surface area contributed by atoms with E-state index in [0.717, 1.165) is 17.6 Å². The highest BCUT2D eigenvalue weighted by molar-refractivity contribution is 7.99.